The standard InChI is InChI=1S/C40H45FNO/c1-25-15-16-32-33-19-20-34(41)37(31-18-17-28(27-11-7-6-8-12-27)29-13-9-10-14-30(29)31)39(33)43-38(32)36(25)35-23-26(21-22-42(35)5)24-40(2,3)4/h15-23,27H,6-14,24H2,1-5H3/q+1. The first-order valence-electron chi connectivity index (χ1n) is 16.5. The molecule has 0 saturated heterocycles. The first kappa shape index (κ1) is 28.3. The second-order valence-corrected chi connectivity index (χ2v) is 14.5. The summed E-state index contributed by atoms with van der Waals surface area (Å²) in [7, 11) is 2.10. The van der Waals surface area contributed by atoms with E-state index < -0.39 is 0 Å². The van der Waals surface area contributed by atoms with Crippen molar-refractivity contribution in [3.05, 3.63) is 88.4 Å². The lowest BCUT2D eigenvalue weighted by Gasteiger charge is -2.29. The highest BCUT2D eigenvalue weighted by Gasteiger charge is 2.28. The van der Waals surface area contributed by atoms with Crippen LogP contribution in [0.3, 0.4) is 0 Å². The molecular weight excluding hydrogens is 529 g/mol. The van der Waals surface area contributed by atoms with E-state index >= 15 is 4.39 Å². The molecular formula is C40H45FNO+. The topological polar surface area (TPSA) is 17.0 Å². The molecule has 0 radical (unpaired) electrons. The van der Waals surface area contributed by atoms with Crippen molar-refractivity contribution in [2.24, 2.45) is 12.5 Å². The molecule has 43 heavy (non-hydrogen) atoms. The zero-order chi connectivity index (χ0) is 29.9. The molecule has 5 aromatic rings. The van der Waals surface area contributed by atoms with Crippen LogP contribution in [0.25, 0.3) is 44.3 Å². The molecule has 2 aliphatic carbocycles. The molecule has 3 heteroatoms. The van der Waals surface area contributed by atoms with E-state index in [0.717, 1.165) is 64.4 Å². The molecule has 2 heterocycles. The highest BCUT2D eigenvalue weighted by Crippen LogP contribution is 2.46. The zero-order valence-corrected chi connectivity index (χ0v) is 26.6. The number of benzene rings is 3. The fourth-order valence-electron chi connectivity index (χ4n) is 8.06. The van der Waals surface area contributed by atoms with E-state index in [2.05, 4.69) is 81.9 Å². The number of pyridine rings is 1. The van der Waals surface area contributed by atoms with Gasteiger partial charge in [0, 0.05) is 22.9 Å². The molecule has 222 valence electrons. The number of aromatic nitrogens is 1. The van der Waals surface area contributed by atoms with Crippen molar-refractivity contribution in [1.29, 1.82) is 0 Å². The molecule has 0 amide bonds. The first-order chi connectivity index (χ1) is 20.7. The van der Waals surface area contributed by atoms with E-state index in [4.69, 9.17) is 4.42 Å². The summed E-state index contributed by atoms with van der Waals surface area (Å²) in [4.78, 5) is 0. The fourth-order valence-corrected chi connectivity index (χ4v) is 8.06. The Bertz CT molecular complexity index is 1850. The molecule has 1 saturated carbocycles. The Morgan fingerprint density at radius 2 is 1.51 bits per heavy atom. The average Bonchev–Trinajstić information content (AvgIpc) is 3.36. The quantitative estimate of drug-likeness (QED) is 0.195. The van der Waals surface area contributed by atoms with Crippen molar-refractivity contribution in [3.63, 3.8) is 0 Å². The van der Waals surface area contributed by atoms with Crippen LogP contribution in [0.15, 0.2) is 59.1 Å². The third-order valence-electron chi connectivity index (χ3n) is 10.1. The Balaban J connectivity index is 1.44. The van der Waals surface area contributed by atoms with Gasteiger partial charge in [0.1, 0.15) is 24.0 Å². The smallest absolute Gasteiger partial charge is 0.216 e. The Morgan fingerprint density at radius 3 is 2.26 bits per heavy atom. The van der Waals surface area contributed by atoms with Crippen LogP contribution in [0.5, 0.6) is 0 Å². The minimum absolute atomic E-state index is 0.190. The summed E-state index contributed by atoms with van der Waals surface area (Å²) in [6.45, 7) is 8.99. The van der Waals surface area contributed by atoms with Crippen LogP contribution < -0.4 is 4.57 Å². The van der Waals surface area contributed by atoms with Gasteiger partial charge < -0.3 is 4.42 Å². The maximum Gasteiger partial charge on any atom is 0.216 e. The van der Waals surface area contributed by atoms with Crippen molar-refractivity contribution >= 4 is 21.9 Å². The van der Waals surface area contributed by atoms with Crippen LogP contribution in [0.4, 0.5) is 4.39 Å². The van der Waals surface area contributed by atoms with E-state index in [0.29, 0.717) is 17.1 Å². The minimum Gasteiger partial charge on any atom is -0.454 e. The van der Waals surface area contributed by atoms with Gasteiger partial charge in [0.15, 0.2) is 6.20 Å². The lowest BCUT2D eigenvalue weighted by molar-refractivity contribution is -0.660. The Hall–Kier alpha value is -3.46. The predicted molar refractivity (Wildman–Crippen MR) is 176 cm³/mol. The van der Waals surface area contributed by atoms with Gasteiger partial charge in [-0.3, -0.25) is 0 Å². The molecule has 0 bridgehead atoms. The average molecular weight is 575 g/mol. The van der Waals surface area contributed by atoms with Gasteiger partial charge >= 0.3 is 0 Å². The SMILES string of the molecule is Cc1ccc2c(oc3c(-c4ccc(C5CCCCC5)c5c4CCCC5)c(F)ccc32)c1-c1cc(CC(C)(C)C)cc[n+]1C. The van der Waals surface area contributed by atoms with Gasteiger partial charge in [-0.2, -0.15) is 0 Å². The molecule has 0 aliphatic heterocycles. The maximum absolute atomic E-state index is 16.1. The number of hydrogen-bond acceptors (Lipinski definition) is 1. The molecule has 0 atom stereocenters. The van der Waals surface area contributed by atoms with Crippen molar-refractivity contribution in [2.45, 2.75) is 97.8 Å². The molecule has 1 fully saturated rings. The van der Waals surface area contributed by atoms with E-state index in [1.165, 1.54) is 60.8 Å². The predicted octanol–water partition coefficient (Wildman–Crippen LogP) is 10.7. The van der Waals surface area contributed by atoms with Gasteiger partial charge in [-0.15, -0.1) is 0 Å². The summed E-state index contributed by atoms with van der Waals surface area (Å²) in [6.07, 6.45) is 14.2. The lowest BCUT2D eigenvalue weighted by Crippen LogP contribution is -2.31. The first-order valence-corrected chi connectivity index (χ1v) is 16.5. The van der Waals surface area contributed by atoms with Crippen molar-refractivity contribution < 1.29 is 13.4 Å². The molecule has 7 rings (SSSR count). The van der Waals surface area contributed by atoms with Crippen molar-refractivity contribution in [2.75, 3.05) is 0 Å². The number of hydrogen-bond donors (Lipinski definition) is 0. The molecule has 2 aliphatic rings. The highest BCUT2D eigenvalue weighted by molar-refractivity contribution is 6.13. The Labute approximate surface area is 255 Å². The number of furan rings is 1. The monoisotopic (exact) mass is 574 g/mol. The highest BCUT2D eigenvalue weighted by atomic mass is 19.1. The number of halogens is 1. The second-order valence-electron chi connectivity index (χ2n) is 14.5. The van der Waals surface area contributed by atoms with Gasteiger partial charge in [0.2, 0.25) is 5.69 Å². The van der Waals surface area contributed by atoms with Crippen LogP contribution in [0.2, 0.25) is 0 Å². The lowest BCUT2D eigenvalue weighted by atomic mass is 9.76. The van der Waals surface area contributed by atoms with Crippen LogP contribution in [0, 0.1) is 18.2 Å². The minimum atomic E-state index is -0.194. The van der Waals surface area contributed by atoms with Crippen molar-refractivity contribution in [1.82, 2.24) is 0 Å². The van der Waals surface area contributed by atoms with E-state index in [9.17, 15) is 0 Å². The second kappa shape index (κ2) is 10.9. The number of nitrogens with zero attached hydrogens (tertiary/aromatic N) is 1. The molecule has 3 aromatic carbocycles. The number of rotatable bonds is 4. The van der Waals surface area contributed by atoms with Gasteiger partial charge in [-0.05, 0) is 109 Å². The summed E-state index contributed by atoms with van der Waals surface area (Å²) < 4.78 is 25.1. The van der Waals surface area contributed by atoms with E-state index in [1.54, 1.807) is 6.07 Å². The van der Waals surface area contributed by atoms with Crippen LogP contribution in [0.1, 0.15) is 99.5 Å². The Kier molecular flexibility index (Phi) is 7.19. The third kappa shape index (κ3) is 5.09. The number of aryl methyl sites for hydroxylation is 2. The molecule has 0 spiro atoms. The van der Waals surface area contributed by atoms with Gasteiger partial charge in [0.05, 0.1) is 11.1 Å². The summed E-state index contributed by atoms with van der Waals surface area (Å²) in [5, 5.41) is 2.04. The zero-order valence-electron chi connectivity index (χ0n) is 26.6. The van der Waals surface area contributed by atoms with Gasteiger partial charge in [-0.1, -0.05) is 64.3 Å². The van der Waals surface area contributed by atoms with Crippen molar-refractivity contribution in [3.8, 4) is 22.4 Å². The van der Waals surface area contributed by atoms with Crippen LogP contribution >= 0.6 is 0 Å². The normalized spacial score (nSPS) is 16.2. The number of fused-ring (bicyclic) bond motifs is 4. The Morgan fingerprint density at radius 1 is 0.814 bits per heavy atom. The molecule has 0 unspecified atom stereocenters. The van der Waals surface area contributed by atoms with Gasteiger partial charge in [0.25, 0.3) is 0 Å². The fraction of sp³-hybridized carbons (Fsp3) is 0.425. The summed E-state index contributed by atoms with van der Waals surface area (Å²) in [5.74, 6) is 0.461. The third-order valence-corrected chi connectivity index (χ3v) is 10.1. The van der Waals surface area contributed by atoms with Crippen LogP contribution in [-0.4, -0.2) is 0 Å². The molecule has 0 N–H and O–H groups in total. The molecule has 2 nitrogen and oxygen atoms in total. The molecule has 2 aromatic heterocycles. The summed E-state index contributed by atoms with van der Waals surface area (Å²) in [6, 6.07) is 17.0. The van der Waals surface area contributed by atoms with E-state index in [1.807, 2.05) is 6.07 Å². The largest absolute Gasteiger partial charge is 0.454 e. The van der Waals surface area contributed by atoms with Gasteiger partial charge in [-0.25, -0.2) is 8.96 Å². The summed E-state index contributed by atoms with van der Waals surface area (Å²) >= 11 is 0. The van der Waals surface area contributed by atoms with Crippen LogP contribution in [-0.2, 0) is 26.3 Å². The maximum atomic E-state index is 16.1. The summed E-state index contributed by atoms with van der Waals surface area (Å²) in [5.41, 5.74) is 12.5. The van der Waals surface area contributed by atoms with E-state index in [-0.39, 0.29) is 11.2 Å².